The number of rotatable bonds is 2. The molecule has 1 atom stereocenters. The largest absolute Gasteiger partial charge is 0.485 e. The summed E-state index contributed by atoms with van der Waals surface area (Å²) in [6.07, 6.45) is 2.86. The molecule has 0 spiro atoms. The minimum absolute atomic E-state index is 0.181. The van der Waals surface area contributed by atoms with Gasteiger partial charge >= 0.3 is 0 Å². The van der Waals surface area contributed by atoms with Crippen LogP contribution in [0.25, 0.3) is 0 Å². The number of ether oxygens (including phenoxy) is 2. The summed E-state index contributed by atoms with van der Waals surface area (Å²) in [5.74, 6) is 0.790. The van der Waals surface area contributed by atoms with E-state index in [0.29, 0.717) is 6.61 Å². The highest BCUT2D eigenvalue weighted by atomic mass is 79.9. The Morgan fingerprint density at radius 1 is 1.62 bits per heavy atom. The highest BCUT2D eigenvalue weighted by molar-refractivity contribution is 9.10. The second kappa shape index (κ2) is 4.07. The number of pyridine rings is 1. The minimum Gasteiger partial charge on any atom is -0.485 e. The van der Waals surface area contributed by atoms with E-state index in [-0.39, 0.29) is 6.10 Å². The second-order valence-electron chi connectivity index (χ2n) is 2.90. The van der Waals surface area contributed by atoms with Gasteiger partial charge in [0.15, 0.2) is 5.75 Å². The molecule has 1 fully saturated rings. The first-order chi connectivity index (χ1) is 6.36. The Kier molecular flexibility index (Phi) is 2.80. The summed E-state index contributed by atoms with van der Waals surface area (Å²) in [6, 6.07) is 3.76. The summed E-state index contributed by atoms with van der Waals surface area (Å²) in [6.45, 7) is 1.48. The van der Waals surface area contributed by atoms with Gasteiger partial charge in [-0.1, -0.05) is 0 Å². The first kappa shape index (κ1) is 8.97. The van der Waals surface area contributed by atoms with Gasteiger partial charge in [0.25, 0.3) is 0 Å². The van der Waals surface area contributed by atoms with Crippen LogP contribution >= 0.6 is 15.9 Å². The third-order valence-corrected chi connectivity index (χ3v) is 2.50. The van der Waals surface area contributed by atoms with E-state index in [1.807, 2.05) is 12.1 Å². The molecule has 0 aromatic carbocycles. The fourth-order valence-corrected chi connectivity index (χ4v) is 1.59. The van der Waals surface area contributed by atoms with Crippen molar-refractivity contribution >= 4 is 15.9 Å². The molecule has 1 unspecified atom stereocenters. The SMILES string of the molecule is Brc1ncccc1OC1CCOC1. The molecular formula is C9H10BrNO2. The summed E-state index contributed by atoms with van der Waals surface area (Å²) < 4.78 is 11.6. The number of nitrogens with zero attached hydrogens (tertiary/aromatic N) is 1. The molecule has 1 saturated heterocycles. The van der Waals surface area contributed by atoms with Crippen molar-refractivity contribution in [2.24, 2.45) is 0 Å². The van der Waals surface area contributed by atoms with Gasteiger partial charge in [-0.15, -0.1) is 0 Å². The van der Waals surface area contributed by atoms with Gasteiger partial charge in [-0.05, 0) is 28.1 Å². The fraction of sp³-hybridized carbons (Fsp3) is 0.444. The molecule has 0 aliphatic carbocycles. The zero-order valence-electron chi connectivity index (χ0n) is 7.07. The Hall–Kier alpha value is -0.610. The maximum atomic E-state index is 5.67. The number of hydrogen-bond acceptors (Lipinski definition) is 3. The molecule has 1 aromatic heterocycles. The molecule has 2 heterocycles. The highest BCUT2D eigenvalue weighted by Crippen LogP contribution is 2.24. The van der Waals surface area contributed by atoms with Crippen LogP contribution in [0.1, 0.15) is 6.42 Å². The standard InChI is InChI=1S/C9H10BrNO2/c10-9-8(2-1-4-11-9)13-7-3-5-12-6-7/h1-2,4,7H,3,5-6H2. The Morgan fingerprint density at radius 2 is 2.54 bits per heavy atom. The van der Waals surface area contributed by atoms with Gasteiger partial charge in [-0.25, -0.2) is 4.98 Å². The van der Waals surface area contributed by atoms with Crippen molar-refractivity contribution in [1.82, 2.24) is 4.98 Å². The molecule has 1 aromatic rings. The highest BCUT2D eigenvalue weighted by Gasteiger charge is 2.18. The zero-order valence-corrected chi connectivity index (χ0v) is 8.66. The molecular weight excluding hydrogens is 234 g/mol. The zero-order chi connectivity index (χ0) is 9.10. The number of halogens is 1. The van der Waals surface area contributed by atoms with E-state index in [2.05, 4.69) is 20.9 Å². The van der Waals surface area contributed by atoms with Gasteiger partial charge in [-0.3, -0.25) is 0 Å². The van der Waals surface area contributed by atoms with Crippen LogP contribution in [0.4, 0.5) is 0 Å². The smallest absolute Gasteiger partial charge is 0.152 e. The lowest BCUT2D eigenvalue weighted by Crippen LogP contribution is -2.16. The molecule has 4 heteroatoms. The van der Waals surface area contributed by atoms with E-state index in [1.54, 1.807) is 6.20 Å². The maximum Gasteiger partial charge on any atom is 0.152 e. The lowest BCUT2D eigenvalue weighted by Gasteiger charge is -2.11. The fourth-order valence-electron chi connectivity index (χ4n) is 1.24. The Balaban J connectivity index is 2.04. The second-order valence-corrected chi connectivity index (χ2v) is 3.65. The maximum absolute atomic E-state index is 5.67. The summed E-state index contributed by atoms with van der Waals surface area (Å²) in [5, 5.41) is 0. The lowest BCUT2D eigenvalue weighted by atomic mass is 10.3. The van der Waals surface area contributed by atoms with E-state index in [0.717, 1.165) is 23.4 Å². The lowest BCUT2D eigenvalue weighted by molar-refractivity contribution is 0.140. The molecule has 0 amide bonds. The first-order valence-electron chi connectivity index (χ1n) is 4.21. The van der Waals surface area contributed by atoms with Crippen molar-refractivity contribution in [1.29, 1.82) is 0 Å². The van der Waals surface area contributed by atoms with E-state index in [4.69, 9.17) is 9.47 Å². The van der Waals surface area contributed by atoms with Gasteiger partial charge < -0.3 is 9.47 Å². The van der Waals surface area contributed by atoms with Crippen LogP contribution in [0.3, 0.4) is 0 Å². The quantitative estimate of drug-likeness (QED) is 0.745. The molecule has 1 aliphatic rings. The predicted octanol–water partition coefficient (Wildman–Crippen LogP) is 2.01. The van der Waals surface area contributed by atoms with Crippen LogP contribution < -0.4 is 4.74 Å². The molecule has 2 rings (SSSR count). The van der Waals surface area contributed by atoms with E-state index >= 15 is 0 Å². The van der Waals surface area contributed by atoms with E-state index in [9.17, 15) is 0 Å². The van der Waals surface area contributed by atoms with Gasteiger partial charge in [0.2, 0.25) is 0 Å². The monoisotopic (exact) mass is 243 g/mol. The van der Waals surface area contributed by atoms with Crippen molar-refractivity contribution in [2.75, 3.05) is 13.2 Å². The minimum atomic E-state index is 0.181. The van der Waals surface area contributed by atoms with Crippen molar-refractivity contribution in [3.05, 3.63) is 22.9 Å². The van der Waals surface area contributed by atoms with Crippen molar-refractivity contribution in [3.63, 3.8) is 0 Å². The van der Waals surface area contributed by atoms with Crippen molar-refractivity contribution in [2.45, 2.75) is 12.5 Å². The molecule has 0 radical (unpaired) electrons. The first-order valence-corrected chi connectivity index (χ1v) is 5.00. The Bertz CT molecular complexity index is 287. The van der Waals surface area contributed by atoms with Crippen LogP contribution in [-0.2, 0) is 4.74 Å². The number of hydrogen-bond donors (Lipinski definition) is 0. The normalized spacial score (nSPS) is 21.8. The number of aromatic nitrogens is 1. The average molecular weight is 244 g/mol. The molecule has 3 nitrogen and oxygen atoms in total. The van der Waals surface area contributed by atoms with E-state index in [1.165, 1.54) is 0 Å². The molecule has 13 heavy (non-hydrogen) atoms. The van der Waals surface area contributed by atoms with Crippen LogP contribution in [0, 0.1) is 0 Å². The van der Waals surface area contributed by atoms with E-state index < -0.39 is 0 Å². The van der Waals surface area contributed by atoms with Crippen LogP contribution in [0.15, 0.2) is 22.9 Å². The van der Waals surface area contributed by atoms with Crippen molar-refractivity contribution < 1.29 is 9.47 Å². The van der Waals surface area contributed by atoms with Gasteiger partial charge in [-0.2, -0.15) is 0 Å². The van der Waals surface area contributed by atoms with Crippen molar-refractivity contribution in [3.8, 4) is 5.75 Å². The molecule has 0 saturated carbocycles. The summed E-state index contributed by atoms with van der Waals surface area (Å²) in [7, 11) is 0. The van der Waals surface area contributed by atoms with Crippen LogP contribution in [-0.4, -0.2) is 24.3 Å². The summed E-state index contributed by atoms with van der Waals surface area (Å²) >= 11 is 3.33. The van der Waals surface area contributed by atoms with Crippen LogP contribution in [0.5, 0.6) is 5.75 Å². The third kappa shape index (κ3) is 2.19. The molecule has 0 N–H and O–H groups in total. The summed E-state index contributed by atoms with van der Waals surface area (Å²) in [5.41, 5.74) is 0. The summed E-state index contributed by atoms with van der Waals surface area (Å²) in [4.78, 5) is 4.07. The molecule has 70 valence electrons. The Morgan fingerprint density at radius 3 is 3.23 bits per heavy atom. The molecule has 0 bridgehead atoms. The average Bonchev–Trinajstić information content (AvgIpc) is 2.61. The Labute approximate surface area is 85.2 Å². The topological polar surface area (TPSA) is 31.4 Å². The van der Waals surface area contributed by atoms with Gasteiger partial charge in [0.05, 0.1) is 13.2 Å². The van der Waals surface area contributed by atoms with Gasteiger partial charge in [0.1, 0.15) is 10.7 Å². The molecule has 1 aliphatic heterocycles. The van der Waals surface area contributed by atoms with Gasteiger partial charge in [0, 0.05) is 12.6 Å². The predicted molar refractivity (Wildman–Crippen MR) is 51.8 cm³/mol. The van der Waals surface area contributed by atoms with Crippen LogP contribution in [0.2, 0.25) is 0 Å². The third-order valence-electron chi connectivity index (χ3n) is 1.91.